The van der Waals surface area contributed by atoms with Crippen molar-refractivity contribution in [1.82, 2.24) is 4.98 Å². The van der Waals surface area contributed by atoms with Crippen LogP contribution in [0.25, 0.3) is 22.0 Å². The summed E-state index contributed by atoms with van der Waals surface area (Å²) in [6.45, 7) is 2.09. The Bertz CT molecular complexity index is 766. The molecular formula is C15H10N2S. The third kappa shape index (κ3) is 1.87. The summed E-state index contributed by atoms with van der Waals surface area (Å²) in [5.74, 6) is 0. The summed E-state index contributed by atoms with van der Waals surface area (Å²) < 4.78 is 0. The number of aromatic nitrogens is 1. The maximum atomic E-state index is 8.80. The molecule has 0 atom stereocenters. The van der Waals surface area contributed by atoms with Gasteiger partial charge >= 0.3 is 0 Å². The van der Waals surface area contributed by atoms with Crippen LogP contribution in [0.3, 0.4) is 0 Å². The summed E-state index contributed by atoms with van der Waals surface area (Å²) in [5, 5.41) is 13.7. The number of nitriles is 1. The van der Waals surface area contributed by atoms with Crippen LogP contribution in [0.15, 0.2) is 41.8 Å². The van der Waals surface area contributed by atoms with Gasteiger partial charge in [-0.1, -0.05) is 35.9 Å². The molecule has 0 aliphatic carbocycles. The molecule has 0 aliphatic heterocycles. The smallest absolute Gasteiger partial charge is 0.194 e. The predicted octanol–water partition coefficient (Wildman–Crippen LogP) is 4.14. The van der Waals surface area contributed by atoms with Crippen LogP contribution in [0.1, 0.15) is 10.6 Å². The molecule has 0 saturated carbocycles. The lowest BCUT2D eigenvalue weighted by molar-refractivity contribution is 1.35. The topological polar surface area (TPSA) is 36.7 Å². The number of aryl methyl sites for hydroxylation is 1. The molecule has 2 aromatic carbocycles. The first-order valence-electron chi connectivity index (χ1n) is 5.63. The molecule has 0 amide bonds. The van der Waals surface area contributed by atoms with Crippen molar-refractivity contribution >= 4 is 22.1 Å². The molecular weight excluding hydrogens is 240 g/mol. The molecule has 0 N–H and O–H groups in total. The molecule has 0 radical (unpaired) electrons. The number of hydrogen-bond donors (Lipinski definition) is 0. The zero-order valence-corrected chi connectivity index (χ0v) is 10.7. The summed E-state index contributed by atoms with van der Waals surface area (Å²) >= 11 is 1.38. The molecule has 0 saturated heterocycles. The molecule has 86 valence electrons. The Morgan fingerprint density at radius 2 is 1.89 bits per heavy atom. The minimum Gasteiger partial charge on any atom is -0.226 e. The minimum absolute atomic E-state index is 0.508. The number of fused-ring (bicyclic) bond motifs is 1. The summed E-state index contributed by atoms with van der Waals surface area (Å²) in [4.78, 5) is 4.28. The van der Waals surface area contributed by atoms with Gasteiger partial charge in [-0.25, -0.2) is 4.98 Å². The normalized spacial score (nSPS) is 10.4. The Kier molecular flexibility index (Phi) is 2.58. The molecule has 2 nitrogen and oxygen atoms in total. The average molecular weight is 250 g/mol. The average Bonchev–Trinajstić information content (AvgIpc) is 2.87. The molecule has 0 unspecified atom stereocenters. The van der Waals surface area contributed by atoms with E-state index in [0.29, 0.717) is 5.01 Å². The van der Waals surface area contributed by atoms with E-state index in [-0.39, 0.29) is 0 Å². The van der Waals surface area contributed by atoms with E-state index < -0.39 is 0 Å². The van der Waals surface area contributed by atoms with Crippen molar-refractivity contribution in [3.05, 3.63) is 52.3 Å². The second kappa shape index (κ2) is 4.25. The largest absolute Gasteiger partial charge is 0.226 e. The molecule has 3 aromatic rings. The van der Waals surface area contributed by atoms with E-state index in [0.717, 1.165) is 11.3 Å². The first-order valence-corrected chi connectivity index (χ1v) is 6.51. The predicted molar refractivity (Wildman–Crippen MR) is 74.5 cm³/mol. The van der Waals surface area contributed by atoms with E-state index in [1.165, 1.54) is 27.7 Å². The van der Waals surface area contributed by atoms with E-state index in [4.69, 9.17) is 5.26 Å². The Hall–Kier alpha value is -2.18. The number of rotatable bonds is 1. The van der Waals surface area contributed by atoms with Crippen LogP contribution >= 0.6 is 11.3 Å². The lowest BCUT2D eigenvalue weighted by Gasteiger charge is -2.02. The van der Waals surface area contributed by atoms with Gasteiger partial charge in [-0.2, -0.15) is 5.26 Å². The van der Waals surface area contributed by atoms with Gasteiger partial charge in [-0.05, 0) is 23.8 Å². The van der Waals surface area contributed by atoms with E-state index in [9.17, 15) is 0 Å². The number of hydrogen-bond acceptors (Lipinski definition) is 3. The fourth-order valence-corrected chi connectivity index (χ4v) is 2.60. The fraction of sp³-hybridized carbons (Fsp3) is 0.0667. The van der Waals surface area contributed by atoms with Crippen molar-refractivity contribution in [3.8, 4) is 17.3 Å². The molecule has 3 heteroatoms. The highest BCUT2D eigenvalue weighted by Crippen LogP contribution is 2.26. The third-order valence-electron chi connectivity index (χ3n) is 2.89. The van der Waals surface area contributed by atoms with E-state index in [1.54, 1.807) is 0 Å². The molecule has 0 bridgehead atoms. The molecule has 1 aromatic heterocycles. The van der Waals surface area contributed by atoms with Crippen molar-refractivity contribution in [1.29, 1.82) is 5.26 Å². The number of thiazole rings is 1. The maximum absolute atomic E-state index is 8.80. The highest BCUT2D eigenvalue weighted by Gasteiger charge is 2.04. The van der Waals surface area contributed by atoms with Crippen LogP contribution in [0.5, 0.6) is 0 Å². The quantitative estimate of drug-likeness (QED) is 0.650. The molecule has 0 spiro atoms. The Balaban J connectivity index is 2.13. The van der Waals surface area contributed by atoms with Crippen LogP contribution in [0.2, 0.25) is 0 Å². The van der Waals surface area contributed by atoms with Crippen LogP contribution < -0.4 is 0 Å². The van der Waals surface area contributed by atoms with Crippen molar-refractivity contribution < 1.29 is 0 Å². The molecule has 0 fully saturated rings. The Morgan fingerprint density at radius 1 is 1.11 bits per heavy atom. The van der Waals surface area contributed by atoms with Gasteiger partial charge in [0, 0.05) is 10.9 Å². The van der Waals surface area contributed by atoms with Crippen LogP contribution in [-0.4, -0.2) is 4.98 Å². The van der Waals surface area contributed by atoms with Crippen LogP contribution in [0, 0.1) is 18.3 Å². The summed E-state index contributed by atoms with van der Waals surface area (Å²) in [6.07, 6.45) is 0. The van der Waals surface area contributed by atoms with Gasteiger partial charge < -0.3 is 0 Å². The van der Waals surface area contributed by atoms with Gasteiger partial charge in [-0.15, -0.1) is 11.3 Å². The van der Waals surface area contributed by atoms with E-state index >= 15 is 0 Å². The standard InChI is InChI=1S/C15H10N2S/c1-10-2-3-12-7-13(5-4-11(12)6-10)14-9-18-15(8-16)17-14/h2-7,9H,1H3. The zero-order valence-electron chi connectivity index (χ0n) is 9.84. The monoisotopic (exact) mass is 250 g/mol. The lowest BCUT2D eigenvalue weighted by atomic mass is 10.0. The molecule has 0 aliphatic rings. The number of benzene rings is 2. The van der Waals surface area contributed by atoms with Gasteiger partial charge in [0.2, 0.25) is 0 Å². The van der Waals surface area contributed by atoms with Crippen LogP contribution in [0.4, 0.5) is 0 Å². The molecule has 18 heavy (non-hydrogen) atoms. The lowest BCUT2D eigenvalue weighted by Crippen LogP contribution is -1.81. The Morgan fingerprint density at radius 3 is 2.67 bits per heavy atom. The van der Waals surface area contributed by atoms with E-state index in [2.05, 4.69) is 54.4 Å². The van der Waals surface area contributed by atoms with Gasteiger partial charge in [0.05, 0.1) is 5.69 Å². The highest BCUT2D eigenvalue weighted by atomic mass is 32.1. The number of nitrogens with zero attached hydrogens (tertiary/aromatic N) is 2. The van der Waals surface area contributed by atoms with Gasteiger partial charge in [0.15, 0.2) is 5.01 Å². The van der Waals surface area contributed by atoms with Crippen molar-refractivity contribution in [2.45, 2.75) is 6.92 Å². The molecule has 3 rings (SSSR count). The third-order valence-corrected chi connectivity index (χ3v) is 3.64. The SMILES string of the molecule is Cc1ccc2cc(-c3csc(C#N)n3)ccc2c1. The Labute approximate surface area is 109 Å². The summed E-state index contributed by atoms with van der Waals surface area (Å²) in [6, 6.07) is 14.7. The second-order valence-corrected chi connectivity index (χ2v) is 5.07. The van der Waals surface area contributed by atoms with Gasteiger partial charge in [0.1, 0.15) is 6.07 Å². The first-order chi connectivity index (χ1) is 8.76. The van der Waals surface area contributed by atoms with Crippen molar-refractivity contribution in [2.75, 3.05) is 0 Å². The molecule has 1 heterocycles. The summed E-state index contributed by atoms with van der Waals surface area (Å²) in [7, 11) is 0. The second-order valence-electron chi connectivity index (χ2n) is 4.22. The zero-order chi connectivity index (χ0) is 12.5. The fourth-order valence-electron chi connectivity index (χ4n) is 1.98. The highest BCUT2D eigenvalue weighted by molar-refractivity contribution is 7.10. The maximum Gasteiger partial charge on any atom is 0.194 e. The van der Waals surface area contributed by atoms with Crippen molar-refractivity contribution in [2.24, 2.45) is 0 Å². The van der Waals surface area contributed by atoms with Crippen molar-refractivity contribution in [3.63, 3.8) is 0 Å². The minimum atomic E-state index is 0.508. The van der Waals surface area contributed by atoms with E-state index in [1.807, 2.05) is 5.38 Å². The first kappa shape index (κ1) is 10.9. The summed E-state index contributed by atoms with van der Waals surface area (Å²) in [5.41, 5.74) is 3.19. The van der Waals surface area contributed by atoms with Crippen LogP contribution in [-0.2, 0) is 0 Å². The van der Waals surface area contributed by atoms with Gasteiger partial charge in [0.25, 0.3) is 0 Å². The van der Waals surface area contributed by atoms with Gasteiger partial charge in [-0.3, -0.25) is 0 Å².